The van der Waals surface area contributed by atoms with Gasteiger partial charge in [0.05, 0.1) is 13.2 Å². The second-order valence-electron chi connectivity index (χ2n) is 5.15. The van der Waals surface area contributed by atoms with Crippen molar-refractivity contribution in [3.63, 3.8) is 0 Å². The van der Waals surface area contributed by atoms with Crippen LogP contribution in [0.4, 0.5) is 0 Å². The predicted octanol–water partition coefficient (Wildman–Crippen LogP) is 2.21. The number of hydrogen-bond acceptors (Lipinski definition) is 3. The number of benzene rings is 1. The van der Waals surface area contributed by atoms with Crippen LogP contribution in [0.3, 0.4) is 0 Å². The molecule has 0 bridgehead atoms. The van der Waals surface area contributed by atoms with E-state index in [2.05, 4.69) is 17.4 Å². The largest absolute Gasteiger partial charge is 0.497 e. The lowest BCUT2D eigenvalue weighted by Gasteiger charge is -2.27. The Hall–Kier alpha value is -1.26. The standard InChI is InChI=1S/C15H22N2O2.ClH/c1-10(9-16)15(18)17-14-5-3-4-11-8-12(19-2)6-7-13(11)14;/h6-8,10,14H,3-5,9,16H2,1-2H3,(H,17,18);1H. The molecule has 0 spiro atoms. The van der Waals surface area contributed by atoms with Crippen LogP contribution >= 0.6 is 12.4 Å². The maximum atomic E-state index is 12.0. The van der Waals surface area contributed by atoms with E-state index in [1.54, 1.807) is 7.11 Å². The lowest BCUT2D eigenvalue weighted by Crippen LogP contribution is -2.37. The second kappa shape index (κ2) is 7.50. The summed E-state index contributed by atoms with van der Waals surface area (Å²) in [6.45, 7) is 2.24. The number of nitrogens with two attached hydrogens (primary N) is 1. The molecular weight excluding hydrogens is 276 g/mol. The average molecular weight is 299 g/mol. The van der Waals surface area contributed by atoms with Gasteiger partial charge in [-0.25, -0.2) is 0 Å². The molecular formula is C15H23ClN2O2. The number of halogens is 1. The highest BCUT2D eigenvalue weighted by Gasteiger charge is 2.23. The molecule has 0 aliphatic heterocycles. The number of fused-ring (bicyclic) bond motifs is 1. The van der Waals surface area contributed by atoms with Crippen molar-refractivity contribution in [3.05, 3.63) is 29.3 Å². The van der Waals surface area contributed by atoms with Crippen LogP contribution in [0.1, 0.15) is 36.9 Å². The summed E-state index contributed by atoms with van der Waals surface area (Å²) in [5.74, 6) is 0.779. The molecule has 1 aliphatic rings. The Balaban J connectivity index is 0.00000200. The third kappa shape index (κ3) is 3.64. The molecule has 0 saturated heterocycles. The van der Waals surface area contributed by atoms with Crippen molar-refractivity contribution in [2.24, 2.45) is 11.7 Å². The number of nitrogens with one attached hydrogen (secondary N) is 1. The minimum absolute atomic E-state index is 0. The van der Waals surface area contributed by atoms with Crippen LogP contribution in [0.15, 0.2) is 18.2 Å². The maximum Gasteiger partial charge on any atom is 0.224 e. The van der Waals surface area contributed by atoms with Gasteiger partial charge in [0.25, 0.3) is 0 Å². The van der Waals surface area contributed by atoms with Gasteiger partial charge in [0.1, 0.15) is 5.75 Å². The minimum Gasteiger partial charge on any atom is -0.497 e. The fourth-order valence-corrected chi connectivity index (χ4v) is 2.49. The van der Waals surface area contributed by atoms with E-state index in [1.807, 2.05) is 13.0 Å². The maximum absolute atomic E-state index is 12.0. The highest BCUT2D eigenvalue weighted by atomic mass is 35.5. The van der Waals surface area contributed by atoms with E-state index in [4.69, 9.17) is 10.5 Å². The van der Waals surface area contributed by atoms with Crippen LogP contribution in [0.25, 0.3) is 0 Å². The zero-order chi connectivity index (χ0) is 13.8. The molecule has 20 heavy (non-hydrogen) atoms. The molecule has 1 aliphatic carbocycles. The van der Waals surface area contributed by atoms with Gasteiger partial charge in [0, 0.05) is 12.5 Å². The van der Waals surface area contributed by atoms with Crippen LogP contribution in [-0.4, -0.2) is 19.6 Å². The van der Waals surface area contributed by atoms with E-state index in [0.717, 1.165) is 25.0 Å². The van der Waals surface area contributed by atoms with Gasteiger partial charge in [0.2, 0.25) is 5.91 Å². The lowest BCUT2D eigenvalue weighted by molar-refractivity contribution is -0.125. The Kier molecular flexibility index (Phi) is 6.30. The van der Waals surface area contributed by atoms with Crippen LogP contribution in [-0.2, 0) is 11.2 Å². The molecule has 0 fully saturated rings. The zero-order valence-electron chi connectivity index (χ0n) is 12.0. The topological polar surface area (TPSA) is 64.3 Å². The Morgan fingerprint density at radius 2 is 2.30 bits per heavy atom. The molecule has 1 aromatic carbocycles. The molecule has 112 valence electrons. The Morgan fingerprint density at radius 3 is 2.95 bits per heavy atom. The first-order chi connectivity index (χ1) is 9.15. The lowest BCUT2D eigenvalue weighted by atomic mass is 9.87. The van der Waals surface area contributed by atoms with Crippen LogP contribution in [0.5, 0.6) is 5.75 Å². The van der Waals surface area contributed by atoms with Crippen molar-refractivity contribution in [2.45, 2.75) is 32.2 Å². The molecule has 0 saturated carbocycles. The van der Waals surface area contributed by atoms with Crippen molar-refractivity contribution in [1.82, 2.24) is 5.32 Å². The molecule has 0 aromatic heterocycles. The van der Waals surface area contributed by atoms with Gasteiger partial charge in [-0.1, -0.05) is 13.0 Å². The molecule has 0 radical (unpaired) electrons. The van der Waals surface area contributed by atoms with Crippen molar-refractivity contribution in [2.75, 3.05) is 13.7 Å². The van der Waals surface area contributed by atoms with Gasteiger partial charge >= 0.3 is 0 Å². The Labute approximate surface area is 126 Å². The Bertz CT molecular complexity index is 465. The molecule has 4 nitrogen and oxygen atoms in total. The van der Waals surface area contributed by atoms with Crippen LogP contribution in [0.2, 0.25) is 0 Å². The number of aryl methyl sites for hydroxylation is 1. The number of methoxy groups -OCH3 is 1. The van der Waals surface area contributed by atoms with Crippen molar-refractivity contribution in [3.8, 4) is 5.75 Å². The number of carbonyl (C=O) groups is 1. The normalized spacial score (nSPS) is 18.4. The summed E-state index contributed by atoms with van der Waals surface area (Å²) in [6.07, 6.45) is 3.12. The second-order valence-corrected chi connectivity index (χ2v) is 5.15. The summed E-state index contributed by atoms with van der Waals surface area (Å²) in [7, 11) is 1.67. The summed E-state index contributed by atoms with van der Waals surface area (Å²) in [5.41, 5.74) is 8.02. The summed E-state index contributed by atoms with van der Waals surface area (Å²) in [4.78, 5) is 12.0. The number of ether oxygens (including phenoxy) is 1. The molecule has 0 heterocycles. The van der Waals surface area contributed by atoms with Gasteiger partial charge < -0.3 is 15.8 Å². The van der Waals surface area contributed by atoms with Crippen molar-refractivity contribution in [1.29, 1.82) is 0 Å². The third-order valence-electron chi connectivity index (χ3n) is 3.78. The summed E-state index contributed by atoms with van der Waals surface area (Å²) >= 11 is 0. The number of hydrogen-bond donors (Lipinski definition) is 2. The van der Waals surface area contributed by atoms with E-state index in [9.17, 15) is 4.79 Å². The van der Waals surface area contributed by atoms with Gasteiger partial charge in [-0.15, -0.1) is 12.4 Å². The van der Waals surface area contributed by atoms with E-state index in [1.165, 1.54) is 11.1 Å². The molecule has 5 heteroatoms. The molecule has 2 unspecified atom stereocenters. The number of amides is 1. The number of carbonyl (C=O) groups excluding carboxylic acids is 1. The van der Waals surface area contributed by atoms with E-state index in [-0.39, 0.29) is 30.3 Å². The van der Waals surface area contributed by atoms with Gasteiger partial charge in [0.15, 0.2) is 0 Å². The first kappa shape index (κ1) is 16.8. The smallest absolute Gasteiger partial charge is 0.224 e. The highest BCUT2D eigenvalue weighted by molar-refractivity contribution is 5.85. The predicted molar refractivity (Wildman–Crippen MR) is 82.3 cm³/mol. The molecule has 1 aromatic rings. The molecule has 3 N–H and O–H groups in total. The van der Waals surface area contributed by atoms with Gasteiger partial charge in [-0.2, -0.15) is 0 Å². The molecule has 2 rings (SSSR count). The zero-order valence-corrected chi connectivity index (χ0v) is 12.8. The summed E-state index contributed by atoms with van der Waals surface area (Å²) in [6, 6.07) is 6.19. The quantitative estimate of drug-likeness (QED) is 0.896. The molecule has 2 atom stereocenters. The molecule has 1 amide bonds. The first-order valence-electron chi connectivity index (χ1n) is 6.83. The van der Waals surface area contributed by atoms with Crippen LogP contribution in [0, 0.1) is 5.92 Å². The Morgan fingerprint density at radius 1 is 1.55 bits per heavy atom. The van der Waals surface area contributed by atoms with E-state index >= 15 is 0 Å². The number of rotatable bonds is 4. The first-order valence-corrected chi connectivity index (χ1v) is 6.83. The third-order valence-corrected chi connectivity index (χ3v) is 3.78. The SMILES string of the molecule is COc1ccc2c(c1)CCCC2NC(=O)C(C)CN.Cl. The van der Waals surface area contributed by atoms with Gasteiger partial charge in [-0.3, -0.25) is 4.79 Å². The van der Waals surface area contributed by atoms with Crippen LogP contribution < -0.4 is 15.8 Å². The summed E-state index contributed by atoms with van der Waals surface area (Å²) in [5, 5.41) is 3.10. The van der Waals surface area contributed by atoms with Crippen molar-refractivity contribution >= 4 is 18.3 Å². The monoisotopic (exact) mass is 298 g/mol. The highest BCUT2D eigenvalue weighted by Crippen LogP contribution is 2.32. The van der Waals surface area contributed by atoms with E-state index in [0.29, 0.717) is 6.54 Å². The van der Waals surface area contributed by atoms with E-state index < -0.39 is 0 Å². The van der Waals surface area contributed by atoms with Crippen molar-refractivity contribution < 1.29 is 9.53 Å². The van der Waals surface area contributed by atoms with Gasteiger partial charge in [-0.05, 0) is 42.5 Å². The fourth-order valence-electron chi connectivity index (χ4n) is 2.49. The minimum atomic E-state index is -0.136. The fraction of sp³-hybridized carbons (Fsp3) is 0.533. The average Bonchev–Trinajstić information content (AvgIpc) is 2.45. The summed E-state index contributed by atoms with van der Waals surface area (Å²) < 4.78 is 5.25.